The SMILES string of the molecule is CCCCOc1ccc(C2=N/C(=C\c3ccc(OC(=O)c4ccc(Cl)cc4)c(OC)c3)C(=O)O2)cc1. The van der Waals surface area contributed by atoms with Crippen LogP contribution in [0.1, 0.15) is 41.3 Å². The van der Waals surface area contributed by atoms with Gasteiger partial charge in [-0.3, -0.25) is 0 Å². The van der Waals surface area contributed by atoms with E-state index in [0.29, 0.717) is 34.1 Å². The van der Waals surface area contributed by atoms with E-state index in [4.69, 9.17) is 30.5 Å². The Bertz CT molecular complexity index is 1310. The summed E-state index contributed by atoms with van der Waals surface area (Å²) in [5.74, 6) is 0.403. The minimum Gasteiger partial charge on any atom is -0.494 e. The van der Waals surface area contributed by atoms with Gasteiger partial charge in [0, 0.05) is 10.6 Å². The first-order valence-corrected chi connectivity index (χ1v) is 11.8. The van der Waals surface area contributed by atoms with Gasteiger partial charge in [0.1, 0.15) is 5.75 Å². The summed E-state index contributed by atoms with van der Waals surface area (Å²) in [7, 11) is 1.46. The van der Waals surface area contributed by atoms with Gasteiger partial charge in [-0.25, -0.2) is 14.6 Å². The predicted molar refractivity (Wildman–Crippen MR) is 137 cm³/mol. The molecule has 4 rings (SSSR count). The Hall–Kier alpha value is -4.10. The zero-order valence-electron chi connectivity index (χ0n) is 19.8. The van der Waals surface area contributed by atoms with E-state index >= 15 is 0 Å². The third kappa shape index (κ3) is 6.12. The molecule has 0 unspecified atom stereocenters. The number of hydrogen-bond donors (Lipinski definition) is 0. The molecule has 0 fully saturated rings. The van der Waals surface area contributed by atoms with Crippen LogP contribution in [0.5, 0.6) is 17.2 Å². The molecule has 7 nitrogen and oxygen atoms in total. The molecule has 0 aliphatic carbocycles. The molecule has 1 aliphatic rings. The average Bonchev–Trinajstić information content (AvgIpc) is 3.25. The van der Waals surface area contributed by atoms with E-state index < -0.39 is 11.9 Å². The lowest BCUT2D eigenvalue weighted by Crippen LogP contribution is -2.09. The van der Waals surface area contributed by atoms with E-state index in [1.807, 2.05) is 12.1 Å². The molecule has 184 valence electrons. The Balaban J connectivity index is 1.49. The Morgan fingerprint density at radius 3 is 2.47 bits per heavy atom. The van der Waals surface area contributed by atoms with E-state index in [1.165, 1.54) is 7.11 Å². The van der Waals surface area contributed by atoms with Gasteiger partial charge < -0.3 is 18.9 Å². The summed E-state index contributed by atoms with van der Waals surface area (Å²) in [5, 5.41) is 0.520. The molecule has 36 heavy (non-hydrogen) atoms. The number of esters is 2. The van der Waals surface area contributed by atoms with Crippen LogP contribution in [0.2, 0.25) is 5.02 Å². The topological polar surface area (TPSA) is 83.4 Å². The number of benzene rings is 3. The van der Waals surface area contributed by atoms with E-state index in [9.17, 15) is 9.59 Å². The summed E-state index contributed by atoms with van der Waals surface area (Å²) in [4.78, 5) is 29.2. The molecule has 1 aliphatic heterocycles. The molecule has 0 atom stereocenters. The molecule has 0 bridgehead atoms. The van der Waals surface area contributed by atoms with E-state index in [1.54, 1.807) is 60.7 Å². The molecule has 0 aromatic heterocycles. The number of carbonyl (C=O) groups is 2. The Labute approximate surface area is 213 Å². The smallest absolute Gasteiger partial charge is 0.363 e. The Morgan fingerprint density at radius 2 is 1.78 bits per heavy atom. The molecule has 0 saturated carbocycles. The monoisotopic (exact) mass is 505 g/mol. The maximum absolute atomic E-state index is 12.4. The fourth-order valence-corrected chi connectivity index (χ4v) is 3.45. The fourth-order valence-electron chi connectivity index (χ4n) is 3.32. The molecule has 0 saturated heterocycles. The van der Waals surface area contributed by atoms with Gasteiger partial charge in [0.15, 0.2) is 17.2 Å². The van der Waals surface area contributed by atoms with Gasteiger partial charge in [-0.2, -0.15) is 0 Å². The molecule has 3 aromatic rings. The van der Waals surface area contributed by atoms with Gasteiger partial charge in [0.2, 0.25) is 5.90 Å². The molecular formula is C28H24ClNO6. The number of hydrogen-bond acceptors (Lipinski definition) is 7. The number of unbranched alkanes of at least 4 members (excludes halogenated alkanes) is 1. The van der Waals surface area contributed by atoms with Crippen molar-refractivity contribution in [3.63, 3.8) is 0 Å². The van der Waals surface area contributed by atoms with Crippen LogP contribution in [0.25, 0.3) is 6.08 Å². The standard InChI is InChI=1S/C28H24ClNO6/c1-3-4-15-34-22-12-8-19(9-13-22)26-30-23(28(32)36-26)16-18-5-14-24(25(17-18)33-2)35-27(31)20-6-10-21(29)11-7-20/h5-14,16-17H,3-4,15H2,1-2H3/b23-16-. The van der Waals surface area contributed by atoms with Gasteiger partial charge in [0.25, 0.3) is 0 Å². The minimum atomic E-state index is -0.564. The number of methoxy groups -OCH3 is 1. The van der Waals surface area contributed by atoms with Crippen molar-refractivity contribution in [2.24, 2.45) is 4.99 Å². The number of aliphatic imine (C=N–C) groups is 1. The molecule has 0 amide bonds. The zero-order valence-corrected chi connectivity index (χ0v) is 20.6. The quantitative estimate of drug-likeness (QED) is 0.151. The van der Waals surface area contributed by atoms with Crippen molar-refractivity contribution in [1.29, 1.82) is 0 Å². The number of nitrogens with zero attached hydrogens (tertiary/aromatic N) is 1. The second-order valence-corrected chi connectivity index (χ2v) is 8.31. The maximum atomic E-state index is 12.4. The van der Waals surface area contributed by atoms with Crippen molar-refractivity contribution in [3.05, 3.63) is 94.1 Å². The van der Waals surface area contributed by atoms with Crippen LogP contribution in [0.4, 0.5) is 0 Å². The van der Waals surface area contributed by atoms with Crippen LogP contribution >= 0.6 is 11.6 Å². The van der Waals surface area contributed by atoms with Crippen LogP contribution in [-0.4, -0.2) is 31.6 Å². The Morgan fingerprint density at radius 1 is 1.03 bits per heavy atom. The Kier molecular flexibility index (Phi) is 8.02. The average molecular weight is 506 g/mol. The summed E-state index contributed by atoms with van der Waals surface area (Å²) in [6.45, 7) is 2.76. The van der Waals surface area contributed by atoms with Gasteiger partial charge in [-0.05, 0) is 78.7 Å². The van der Waals surface area contributed by atoms with Gasteiger partial charge in [0.05, 0.1) is 19.3 Å². The number of rotatable bonds is 9. The van der Waals surface area contributed by atoms with Crippen molar-refractivity contribution >= 4 is 35.5 Å². The van der Waals surface area contributed by atoms with Gasteiger partial charge >= 0.3 is 11.9 Å². The predicted octanol–water partition coefficient (Wildman–Crippen LogP) is 6.09. The third-order valence-electron chi connectivity index (χ3n) is 5.26. The molecule has 0 radical (unpaired) electrons. The van der Waals surface area contributed by atoms with Crippen LogP contribution in [0, 0.1) is 0 Å². The summed E-state index contributed by atoms with van der Waals surface area (Å²) in [6, 6.07) is 18.5. The van der Waals surface area contributed by atoms with Crippen molar-refractivity contribution in [1.82, 2.24) is 0 Å². The number of cyclic esters (lactones) is 1. The van der Waals surface area contributed by atoms with Crippen molar-refractivity contribution in [2.75, 3.05) is 13.7 Å². The second-order valence-electron chi connectivity index (χ2n) is 7.87. The lowest BCUT2D eigenvalue weighted by Gasteiger charge is -2.10. The van der Waals surface area contributed by atoms with Crippen LogP contribution < -0.4 is 14.2 Å². The van der Waals surface area contributed by atoms with Crippen LogP contribution in [0.15, 0.2) is 77.4 Å². The number of ether oxygens (including phenoxy) is 4. The summed E-state index contributed by atoms with van der Waals surface area (Å²) >= 11 is 5.87. The first-order chi connectivity index (χ1) is 17.5. The summed E-state index contributed by atoms with van der Waals surface area (Å²) < 4.78 is 21.9. The van der Waals surface area contributed by atoms with Gasteiger partial charge in [-0.15, -0.1) is 0 Å². The van der Waals surface area contributed by atoms with Crippen molar-refractivity contribution < 1.29 is 28.5 Å². The lowest BCUT2D eigenvalue weighted by molar-refractivity contribution is -0.129. The van der Waals surface area contributed by atoms with E-state index in [2.05, 4.69) is 11.9 Å². The number of halogens is 1. The molecule has 8 heteroatoms. The van der Waals surface area contributed by atoms with E-state index in [-0.39, 0.29) is 17.3 Å². The van der Waals surface area contributed by atoms with Crippen LogP contribution in [-0.2, 0) is 9.53 Å². The first kappa shape index (κ1) is 25.0. The minimum absolute atomic E-state index is 0.140. The number of carbonyl (C=O) groups excluding carboxylic acids is 2. The van der Waals surface area contributed by atoms with Gasteiger partial charge in [-0.1, -0.05) is 31.0 Å². The maximum Gasteiger partial charge on any atom is 0.363 e. The summed E-state index contributed by atoms with van der Waals surface area (Å²) in [5.41, 5.74) is 1.77. The third-order valence-corrected chi connectivity index (χ3v) is 5.51. The summed E-state index contributed by atoms with van der Waals surface area (Å²) in [6.07, 6.45) is 3.62. The first-order valence-electron chi connectivity index (χ1n) is 11.4. The molecule has 0 spiro atoms. The zero-order chi connectivity index (χ0) is 25.5. The van der Waals surface area contributed by atoms with Crippen molar-refractivity contribution in [3.8, 4) is 17.2 Å². The molecule has 3 aromatic carbocycles. The van der Waals surface area contributed by atoms with Crippen molar-refractivity contribution in [2.45, 2.75) is 19.8 Å². The molecule has 0 N–H and O–H groups in total. The molecule has 1 heterocycles. The normalized spacial score (nSPS) is 13.8. The fraction of sp³-hybridized carbons (Fsp3) is 0.179. The highest BCUT2D eigenvalue weighted by atomic mass is 35.5. The van der Waals surface area contributed by atoms with Crippen LogP contribution in [0.3, 0.4) is 0 Å². The highest BCUT2D eigenvalue weighted by molar-refractivity contribution is 6.30. The van der Waals surface area contributed by atoms with E-state index in [0.717, 1.165) is 18.6 Å². The second kappa shape index (κ2) is 11.6. The highest BCUT2D eigenvalue weighted by Gasteiger charge is 2.24. The lowest BCUT2D eigenvalue weighted by atomic mass is 10.1. The molecular weight excluding hydrogens is 482 g/mol. The highest BCUT2D eigenvalue weighted by Crippen LogP contribution is 2.31. The largest absolute Gasteiger partial charge is 0.494 e.